The summed E-state index contributed by atoms with van der Waals surface area (Å²) in [7, 11) is -3.26. The average molecular weight is 265 g/mol. The Bertz CT molecular complexity index is 459. The van der Waals surface area contributed by atoms with E-state index in [1.165, 1.54) is 24.3 Å². The lowest BCUT2D eigenvalue weighted by atomic mass is 10.3. The van der Waals surface area contributed by atoms with Crippen LogP contribution in [-0.2, 0) is 9.84 Å². The number of aliphatic hydroxyl groups excluding tert-OH is 1. The van der Waals surface area contributed by atoms with Gasteiger partial charge in [0.15, 0.2) is 9.84 Å². The van der Waals surface area contributed by atoms with Crippen molar-refractivity contribution in [1.29, 1.82) is 0 Å². The number of benzene rings is 1. The molecule has 1 aromatic rings. The van der Waals surface area contributed by atoms with Crippen LogP contribution in [0.25, 0.3) is 0 Å². The Kier molecular flexibility index (Phi) is 4.41. The fourth-order valence-electron chi connectivity index (χ4n) is 1.13. The number of rotatable bonds is 5. The van der Waals surface area contributed by atoms with E-state index >= 15 is 0 Å². The quantitative estimate of drug-likeness (QED) is 0.837. The number of hydrogen-bond donors (Lipinski definition) is 2. The Labute approximate surface area is 98.2 Å². The van der Waals surface area contributed by atoms with Crippen LogP contribution in [0.3, 0.4) is 0 Å². The van der Waals surface area contributed by atoms with Gasteiger partial charge in [-0.2, -0.15) is 0 Å². The van der Waals surface area contributed by atoms with Crippen LogP contribution in [0.15, 0.2) is 29.2 Å². The van der Waals surface area contributed by atoms with Gasteiger partial charge in [0, 0.05) is 18.5 Å². The number of halogens is 2. The molecule has 1 aromatic carbocycles. The fraction of sp³-hybridized carbons (Fsp3) is 0.400. The highest BCUT2D eigenvalue weighted by Crippen LogP contribution is 2.14. The second-order valence-corrected chi connectivity index (χ2v) is 5.59. The minimum absolute atomic E-state index is 0.150. The molecule has 0 saturated heterocycles. The third-order valence-corrected chi connectivity index (χ3v) is 3.22. The largest absolute Gasteiger partial charge is 0.385 e. The fourth-order valence-corrected chi connectivity index (χ4v) is 1.76. The molecule has 0 aliphatic carbocycles. The first-order valence-corrected chi connectivity index (χ1v) is 6.70. The van der Waals surface area contributed by atoms with Gasteiger partial charge >= 0.3 is 0 Å². The van der Waals surface area contributed by atoms with Gasteiger partial charge in [-0.15, -0.1) is 0 Å². The van der Waals surface area contributed by atoms with E-state index in [1.807, 2.05) is 0 Å². The third-order valence-electron chi connectivity index (χ3n) is 2.09. The molecule has 1 rings (SSSR count). The summed E-state index contributed by atoms with van der Waals surface area (Å²) in [5.74, 6) is 0. The number of sulfone groups is 1. The van der Waals surface area contributed by atoms with E-state index in [0.29, 0.717) is 5.69 Å². The summed E-state index contributed by atoms with van der Waals surface area (Å²) in [6, 6.07) is 5.64. The lowest BCUT2D eigenvalue weighted by molar-refractivity contribution is 0.00384. The Hall–Kier alpha value is -1.21. The molecule has 0 aliphatic rings. The SMILES string of the molecule is CS(=O)(=O)c1ccc(NCC(O)C(F)F)cc1. The van der Waals surface area contributed by atoms with Gasteiger partial charge in [-0.05, 0) is 24.3 Å². The maximum absolute atomic E-state index is 12.0. The Balaban J connectivity index is 2.64. The molecule has 0 saturated carbocycles. The van der Waals surface area contributed by atoms with Crippen molar-refractivity contribution >= 4 is 15.5 Å². The van der Waals surface area contributed by atoms with E-state index in [-0.39, 0.29) is 11.4 Å². The standard InChI is InChI=1S/C10H13F2NO3S/c1-17(15,16)8-4-2-7(3-5-8)13-6-9(14)10(11)12/h2-5,9-10,13-14H,6H2,1H3. The molecular formula is C10H13F2NO3S. The summed E-state index contributed by atoms with van der Waals surface area (Å²) in [6.45, 7) is -0.296. The zero-order valence-electron chi connectivity index (χ0n) is 9.10. The minimum Gasteiger partial charge on any atom is -0.385 e. The molecule has 0 aliphatic heterocycles. The highest BCUT2D eigenvalue weighted by atomic mass is 32.2. The van der Waals surface area contributed by atoms with Gasteiger partial charge in [0.1, 0.15) is 6.10 Å². The first kappa shape index (κ1) is 13.9. The van der Waals surface area contributed by atoms with E-state index in [0.717, 1.165) is 6.26 Å². The van der Waals surface area contributed by atoms with Gasteiger partial charge in [0.2, 0.25) is 0 Å². The van der Waals surface area contributed by atoms with Crippen LogP contribution < -0.4 is 5.32 Å². The molecule has 0 radical (unpaired) electrons. The van der Waals surface area contributed by atoms with Crippen molar-refractivity contribution in [2.75, 3.05) is 18.1 Å². The summed E-state index contributed by atoms with van der Waals surface area (Å²) in [6.07, 6.45) is -3.47. The summed E-state index contributed by atoms with van der Waals surface area (Å²) in [4.78, 5) is 0.150. The topological polar surface area (TPSA) is 66.4 Å². The summed E-state index contributed by atoms with van der Waals surface area (Å²) < 4.78 is 46.2. The predicted molar refractivity (Wildman–Crippen MR) is 60.1 cm³/mol. The number of aliphatic hydroxyl groups is 1. The van der Waals surface area contributed by atoms with Crippen molar-refractivity contribution in [3.63, 3.8) is 0 Å². The maximum Gasteiger partial charge on any atom is 0.265 e. The predicted octanol–water partition coefficient (Wildman–Crippen LogP) is 1.13. The van der Waals surface area contributed by atoms with Crippen LogP contribution in [0.2, 0.25) is 0 Å². The summed E-state index contributed by atoms with van der Waals surface area (Å²) in [5, 5.41) is 11.4. The van der Waals surface area contributed by atoms with Crippen LogP contribution in [0.4, 0.5) is 14.5 Å². The van der Waals surface area contributed by atoms with E-state index in [2.05, 4.69) is 5.32 Å². The monoisotopic (exact) mass is 265 g/mol. The summed E-state index contributed by atoms with van der Waals surface area (Å²) in [5.41, 5.74) is 0.470. The normalized spacial score (nSPS) is 13.7. The van der Waals surface area contributed by atoms with E-state index in [4.69, 9.17) is 5.11 Å². The van der Waals surface area contributed by atoms with Gasteiger partial charge in [-0.1, -0.05) is 0 Å². The first-order chi connectivity index (χ1) is 7.80. The highest BCUT2D eigenvalue weighted by molar-refractivity contribution is 7.90. The van der Waals surface area contributed by atoms with Gasteiger partial charge in [0.25, 0.3) is 6.43 Å². The molecule has 0 fully saturated rings. The van der Waals surface area contributed by atoms with Crippen molar-refractivity contribution in [3.8, 4) is 0 Å². The second-order valence-electron chi connectivity index (χ2n) is 3.58. The Morgan fingerprint density at radius 3 is 2.24 bits per heavy atom. The lowest BCUT2D eigenvalue weighted by Gasteiger charge is -2.11. The van der Waals surface area contributed by atoms with Crippen LogP contribution >= 0.6 is 0 Å². The molecule has 0 amide bonds. The molecule has 0 bridgehead atoms. The van der Waals surface area contributed by atoms with E-state index in [9.17, 15) is 17.2 Å². The first-order valence-electron chi connectivity index (χ1n) is 4.81. The number of alkyl halides is 2. The molecule has 0 spiro atoms. The molecule has 1 unspecified atom stereocenters. The zero-order chi connectivity index (χ0) is 13.1. The number of hydrogen-bond acceptors (Lipinski definition) is 4. The maximum atomic E-state index is 12.0. The van der Waals surface area contributed by atoms with Crippen LogP contribution in [0, 0.1) is 0 Å². The number of anilines is 1. The smallest absolute Gasteiger partial charge is 0.265 e. The van der Waals surface area contributed by atoms with Crippen molar-refractivity contribution in [3.05, 3.63) is 24.3 Å². The molecule has 2 N–H and O–H groups in total. The molecule has 17 heavy (non-hydrogen) atoms. The van der Waals surface area contributed by atoms with E-state index < -0.39 is 22.4 Å². The van der Waals surface area contributed by atoms with Crippen molar-refractivity contribution in [2.45, 2.75) is 17.4 Å². The molecule has 7 heteroatoms. The van der Waals surface area contributed by atoms with Crippen LogP contribution in [0.5, 0.6) is 0 Å². The molecule has 4 nitrogen and oxygen atoms in total. The third kappa shape index (κ3) is 4.27. The summed E-state index contributed by atoms with van der Waals surface area (Å²) >= 11 is 0. The highest BCUT2D eigenvalue weighted by Gasteiger charge is 2.16. The molecule has 1 atom stereocenters. The van der Waals surface area contributed by atoms with Gasteiger partial charge in [0.05, 0.1) is 4.90 Å². The second kappa shape index (κ2) is 5.42. The van der Waals surface area contributed by atoms with Crippen LogP contribution in [0.1, 0.15) is 0 Å². The Morgan fingerprint density at radius 2 is 1.82 bits per heavy atom. The zero-order valence-corrected chi connectivity index (χ0v) is 9.92. The minimum atomic E-state index is -3.26. The molecule has 0 aromatic heterocycles. The van der Waals surface area contributed by atoms with Crippen molar-refractivity contribution in [1.82, 2.24) is 0 Å². The van der Waals surface area contributed by atoms with Crippen LogP contribution in [-0.4, -0.2) is 38.9 Å². The van der Waals surface area contributed by atoms with Gasteiger partial charge in [-0.25, -0.2) is 17.2 Å². The lowest BCUT2D eigenvalue weighted by Crippen LogP contribution is -2.26. The molecular weight excluding hydrogens is 252 g/mol. The molecule has 0 heterocycles. The van der Waals surface area contributed by atoms with Gasteiger partial charge < -0.3 is 10.4 Å². The molecule has 96 valence electrons. The van der Waals surface area contributed by atoms with Crippen molar-refractivity contribution in [2.24, 2.45) is 0 Å². The number of nitrogens with one attached hydrogen (secondary N) is 1. The van der Waals surface area contributed by atoms with Gasteiger partial charge in [-0.3, -0.25) is 0 Å². The Morgan fingerprint density at radius 1 is 1.29 bits per heavy atom. The van der Waals surface area contributed by atoms with E-state index in [1.54, 1.807) is 0 Å². The van der Waals surface area contributed by atoms with Crippen molar-refractivity contribution < 1.29 is 22.3 Å². The average Bonchev–Trinajstić information content (AvgIpc) is 2.25.